The van der Waals surface area contributed by atoms with Crippen LogP contribution in [0.4, 0.5) is 0 Å². The zero-order valence-corrected chi connectivity index (χ0v) is 32.7. The first-order chi connectivity index (χ1) is 29.3. The average Bonchev–Trinajstić information content (AvgIpc) is 3.81. The number of rotatable bonds is 8. The average molecular weight is 752 g/mol. The summed E-state index contributed by atoms with van der Waals surface area (Å²) in [6, 6.07) is 84.5. The van der Waals surface area contributed by atoms with Crippen LogP contribution in [0.1, 0.15) is 38.9 Å². The van der Waals surface area contributed by atoms with E-state index in [1.807, 2.05) is 0 Å². The lowest BCUT2D eigenvalue weighted by atomic mass is 9.67. The molecule has 0 saturated heterocycles. The second-order valence-corrected chi connectivity index (χ2v) is 15.7. The van der Waals surface area contributed by atoms with Crippen LogP contribution >= 0.6 is 0 Å². The van der Waals surface area contributed by atoms with Crippen molar-refractivity contribution in [3.05, 3.63) is 269 Å². The van der Waals surface area contributed by atoms with Crippen LogP contribution < -0.4 is 0 Å². The van der Waals surface area contributed by atoms with Gasteiger partial charge in [-0.15, -0.1) is 0 Å². The van der Waals surface area contributed by atoms with Crippen LogP contribution in [0.5, 0.6) is 0 Å². The van der Waals surface area contributed by atoms with Crippen molar-refractivity contribution in [1.29, 1.82) is 0 Å². The molecule has 0 radical (unpaired) electrons. The van der Waals surface area contributed by atoms with Crippen molar-refractivity contribution >= 4 is 33.5 Å². The van der Waals surface area contributed by atoms with Gasteiger partial charge in [-0.3, -0.25) is 0 Å². The van der Waals surface area contributed by atoms with Gasteiger partial charge < -0.3 is 4.57 Å². The molecule has 0 unspecified atom stereocenters. The van der Waals surface area contributed by atoms with Crippen LogP contribution in [0.2, 0.25) is 0 Å². The fraction of sp³-hybridized carbons (Fsp3) is 0.0345. The van der Waals surface area contributed by atoms with E-state index in [0.29, 0.717) is 0 Å². The van der Waals surface area contributed by atoms with Gasteiger partial charge in [0.25, 0.3) is 0 Å². The van der Waals surface area contributed by atoms with E-state index >= 15 is 0 Å². The number of hydrogen-bond donors (Lipinski definition) is 0. The van der Waals surface area contributed by atoms with Crippen LogP contribution in [0, 0.1) is 0 Å². The lowest BCUT2D eigenvalue weighted by molar-refractivity contribution is 0.767. The second kappa shape index (κ2) is 14.5. The Hall–Kier alpha value is -7.48. The third kappa shape index (κ3) is 5.86. The molecule has 10 aromatic rings. The molecule has 0 spiro atoms. The first-order valence-corrected chi connectivity index (χ1v) is 20.6. The molecule has 0 bridgehead atoms. The van der Waals surface area contributed by atoms with E-state index in [0.717, 1.165) is 6.42 Å². The molecule has 1 aromatic heterocycles. The molecule has 1 aliphatic rings. The van der Waals surface area contributed by atoms with Crippen molar-refractivity contribution < 1.29 is 0 Å². The molecule has 1 heteroatoms. The largest absolute Gasteiger partial charge is 0.309 e. The summed E-state index contributed by atoms with van der Waals surface area (Å²) in [6.07, 6.45) is 3.17. The normalized spacial score (nSPS) is 13.1. The van der Waals surface area contributed by atoms with Crippen LogP contribution in [0.15, 0.2) is 231 Å². The van der Waals surface area contributed by atoms with Crippen LogP contribution in [0.25, 0.3) is 61.4 Å². The molecule has 0 saturated carbocycles. The molecular formula is C58H41N. The van der Waals surface area contributed by atoms with Gasteiger partial charge in [-0.2, -0.15) is 0 Å². The molecule has 59 heavy (non-hydrogen) atoms. The fourth-order valence-corrected chi connectivity index (χ4v) is 9.69. The second-order valence-electron chi connectivity index (χ2n) is 15.7. The van der Waals surface area contributed by atoms with E-state index in [4.69, 9.17) is 0 Å². The van der Waals surface area contributed by atoms with Gasteiger partial charge in [-0.1, -0.05) is 212 Å². The number of benzene rings is 9. The predicted octanol–water partition coefficient (Wildman–Crippen LogP) is 14.6. The van der Waals surface area contributed by atoms with Crippen molar-refractivity contribution in [2.75, 3.05) is 0 Å². The molecule has 0 atom stereocenters. The Bertz CT molecular complexity index is 3040. The molecule has 1 nitrogen and oxygen atoms in total. The number of fused-ring (bicyclic) bond motifs is 6. The highest BCUT2D eigenvalue weighted by Gasteiger charge is 2.46. The molecular weight excluding hydrogens is 711 g/mol. The minimum atomic E-state index is -0.418. The number of allylic oxidation sites excluding steroid dienone is 1. The van der Waals surface area contributed by atoms with Crippen molar-refractivity contribution in [3.63, 3.8) is 0 Å². The summed E-state index contributed by atoms with van der Waals surface area (Å²) in [6.45, 7) is 0. The molecule has 0 aliphatic heterocycles. The Labute approximate surface area is 345 Å². The number of aromatic nitrogens is 1. The van der Waals surface area contributed by atoms with Gasteiger partial charge in [0.15, 0.2) is 0 Å². The van der Waals surface area contributed by atoms with Crippen LogP contribution in [0.3, 0.4) is 0 Å². The van der Waals surface area contributed by atoms with Crippen LogP contribution in [-0.2, 0) is 11.8 Å². The maximum Gasteiger partial charge on any atom is 0.0713 e. The summed E-state index contributed by atoms with van der Waals surface area (Å²) in [4.78, 5) is 0. The molecule has 0 fully saturated rings. The van der Waals surface area contributed by atoms with Crippen molar-refractivity contribution in [3.8, 4) is 27.9 Å². The molecule has 9 aromatic carbocycles. The monoisotopic (exact) mass is 751 g/mol. The lowest BCUT2D eigenvalue weighted by Gasteiger charge is -2.34. The topological polar surface area (TPSA) is 4.93 Å². The van der Waals surface area contributed by atoms with E-state index in [1.165, 1.54) is 94.3 Å². The van der Waals surface area contributed by atoms with Gasteiger partial charge >= 0.3 is 0 Å². The zero-order valence-electron chi connectivity index (χ0n) is 32.7. The third-order valence-electron chi connectivity index (χ3n) is 12.4. The highest BCUT2D eigenvalue weighted by Crippen LogP contribution is 2.56. The Morgan fingerprint density at radius 1 is 0.424 bits per heavy atom. The maximum absolute atomic E-state index is 2.48. The molecule has 0 amide bonds. The van der Waals surface area contributed by atoms with E-state index < -0.39 is 5.41 Å². The SMILES string of the molecule is C(=C(/Cc1ccc2c(c1)C(c1ccccc1)(c1ccccc1)c1ccccc1-2)c1ccccc1)/c1ccc(-c2ccc(-n3c4ccccc4c4ccccc43)cc2)cc1. The summed E-state index contributed by atoms with van der Waals surface area (Å²) in [5, 5.41) is 2.56. The fourth-order valence-electron chi connectivity index (χ4n) is 9.69. The quantitative estimate of drug-likeness (QED) is 0.136. The van der Waals surface area contributed by atoms with Crippen molar-refractivity contribution in [2.24, 2.45) is 0 Å². The zero-order chi connectivity index (χ0) is 39.2. The minimum absolute atomic E-state index is 0.418. The van der Waals surface area contributed by atoms with Crippen molar-refractivity contribution in [1.82, 2.24) is 4.57 Å². The van der Waals surface area contributed by atoms with Gasteiger partial charge in [0.2, 0.25) is 0 Å². The highest BCUT2D eigenvalue weighted by atomic mass is 15.0. The standard InChI is InChI=1S/C58H41N/c1-4-16-43(17-5-1)46(38-41-28-31-44(32-29-41)45-33-35-49(36-34-45)59-56-26-14-11-23-52(56)53-24-12-15-27-57(53)59)39-42-30-37-51-50-22-10-13-25-54(50)58(55(51)40-42,47-18-6-2-7-19-47)48-20-8-3-9-21-48/h1-38,40H,39H2/b46-38+. The third-order valence-corrected chi connectivity index (χ3v) is 12.4. The molecule has 1 heterocycles. The number of hydrogen-bond acceptors (Lipinski definition) is 0. The molecule has 278 valence electrons. The Morgan fingerprint density at radius 2 is 0.932 bits per heavy atom. The summed E-state index contributed by atoms with van der Waals surface area (Å²) >= 11 is 0. The smallest absolute Gasteiger partial charge is 0.0713 e. The minimum Gasteiger partial charge on any atom is -0.309 e. The Kier molecular flexibility index (Phi) is 8.52. The summed E-state index contributed by atoms with van der Waals surface area (Å²) in [5.74, 6) is 0. The van der Waals surface area contributed by atoms with Gasteiger partial charge in [0, 0.05) is 16.5 Å². The van der Waals surface area contributed by atoms with Crippen LogP contribution in [-0.4, -0.2) is 4.57 Å². The molecule has 11 rings (SSSR count). The van der Waals surface area contributed by atoms with Gasteiger partial charge in [0.1, 0.15) is 0 Å². The van der Waals surface area contributed by atoms with E-state index in [9.17, 15) is 0 Å². The molecule has 1 aliphatic carbocycles. The first-order valence-electron chi connectivity index (χ1n) is 20.6. The number of nitrogens with zero attached hydrogens (tertiary/aromatic N) is 1. The summed E-state index contributed by atoms with van der Waals surface area (Å²) in [7, 11) is 0. The van der Waals surface area contributed by atoms with E-state index in [2.05, 4.69) is 241 Å². The van der Waals surface area contributed by atoms with Gasteiger partial charge in [0.05, 0.1) is 16.4 Å². The first kappa shape index (κ1) is 34.7. The Balaban J connectivity index is 0.949. The maximum atomic E-state index is 2.48. The summed E-state index contributed by atoms with van der Waals surface area (Å²) in [5.41, 5.74) is 18.5. The van der Waals surface area contributed by atoms with E-state index in [-0.39, 0.29) is 0 Å². The lowest BCUT2D eigenvalue weighted by Crippen LogP contribution is -2.28. The predicted molar refractivity (Wildman–Crippen MR) is 248 cm³/mol. The highest BCUT2D eigenvalue weighted by molar-refractivity contribution is 6.09. The van der Waals surface area contributed by atoms with Gasteiger partial charge in [-0.25, -0.2) is 0 Å². The number of para-hydroxylation sites is 2. The molecule has 0 N–H and O–H groups in total. The van der Waals surface area contributed by atoms with Crippen molar-refractivity contribution in [2.45, 2.75) is 11.8 Å². The summed E-state index contributed by atoms with van der Waals surface area (Å²) < 4.78 is 2.37. The Morgan fingerprint density at radius 3 is 1.56 bits per heavy atom. The van der Waals surface area contributed by atoms with E-state index in [1.54, 1.807) is 0 Å². The van der Waals surface area contributed by atoms with Gasteiger partial charge in [-0.05, 0) is 97.5 Å².